The molecule has 0 unspecified atom stereocenters. The van der Waals surface area contributed by atoms with Crippen molar-refractivity contribution in [3.63, 3.8) is 0 Å². The van der Waals surface area contributed by atoms with Crippen LogP contribution in [0.15, 0.2) is 48.5 Å². The van der Waals surface area contributed by atoms with Gasteiger partial charge >= 0.3 is 0 Å². The van der Waals surface area contributed by atoms with Crippen LogP contribution < -0.4 is 10.1 Å². The Morgan fingerprint density at radius 2 is 1.96 bits per heavy atom. The molecule has 5 heteroatoms. The third-order valence-electron chi connectivity index (χ3n) is 4.52. The smallest absolute Gasteiger partial charge is 0.222 e. The molecule has 0 atom stereocenters. The Morgan fingerprint density at radius 3 is 2.69 bits per heavy atom. The summed E-state index contributed by atoms with van der Waals surface area (Å²) in [6.07, 6.45) is 2.69. The summed E-state index contributed by atoms with van der Waals surface area (Å²) >= 11 is 6.34. The van der Waals surface area contributed by atoms with E-state index in [-0.39, 0.29) is 0 Å². The number of halogens is 1. The molecule has 1 aliphatic heterocycles. The molecule has 0 spiro atoms. The van der Waals surface area contributed by atoms with E-state index in [1.165, 1.54) is 0 Å². The van der Waals surface area contributed by atoms with Gasteiger partial charge in [0.25, 0.3) is 0 Å². The average Bonchev–Trinajstić information content (AvgIpc) is 3.06. The molecule has 1 saturated heterocycles. The van der Waals surface area contributed by atoms with Gasteiger partial charge in [-0.2, -0.15) is 0 Å². The summed E-state index contributed by atoms with van der Waals surface area (Å²) in [6, 6.07) is 15.9. The van der Waals surface area contributed by atoms with E-state index < -0.39 is 0 Å². The number of rotatable bonds is 9. The van der Waals surface area contributed by atoms with Crippen LogP contribution in [0.5, 0.6) is 5.75 Å². The number of hydrogen-bond acceptors (Lipinski definition) is 3. The van der Waals surface area contributed by atoms with Gasteiger partial charge in [0.05, 0.1) is 5.02 Å². The molecular weight excluding hydrogens is 348 g/mol. The first-order valence-corrected chi connectivity index (χ1v) is 9.54. The standard InChI is InChI=1S/C21H25ClN2O2/c22-19-14-18(15-23-11-5-13-24-12-4-8-21(24)25)9-10-20(19)26-16-17-6-2-1-3-7-17/h1-3,6-7,9-10,14,23H,4-5,8,11-13,15-16H2. The summed E-state index contributed by atoms with van der Waals surface area (Å²) in [4.78, 5) is 13.5. The molecular formula is C21H25ClN2O2. The molecule has 1 N–H and O–H groups in total. The molecule has 26 heavy (non-hydrogen) atoms. The minimum atomic E-state index is 0.294. The molecule has 1 heterocycles. The van der Waals surface area contributed by atoms with Crippen molar-refractivity contribution in [1.29, 1.82) is 0 Å². The largest absolute Gasteiger partial charge is 0.487 e. The van der Waals surface area contributed by atoms with Gasteiger partial charge in [-0.15, -0.1) is 0 Å². The van der Waals surface area contributed by atoms with Crippen LogP contribution in [-0.4, -0.2) is 30.4 Å². The van der Waals surface area contributed by atoms with Crippen molar-refractivity contribution in [3.05, 3.63) is 64.7 Å². The molecule has 2 aromatic rings. The van der Waals surface area contributed by atoms with Crippen LogP contribution >= 0.6 is 11.6 Å². The average molecular weight is 373 g/mol. The number of likely N-dealkylation sites (tertiary alicyclic amines) is 1. The molecule has 3 rings (SSSR count). The number of nitrogens with zero attached hydrogens (tertiary/aromatic N) is 1. The van der Waals surface area contributed by atoms with Gasteiger partial charge in [-0.25, -0.2) is 0 Å². The van der Waals surface area contributed by atoms with Crippen LogP contribution in [0.25, 0.3) is 0 Å². The lowest BCUT2D eigenvalue weighted by molar-refractivity contribution is -0.127. The van der Waals surface area contributed by atoms with Gasteiger partial charge in [-0.05, 0) is 42.6 Å². The molecule has 138 valence electrons. The quantitative estimate of drug-likeness (QED) is 0.676. The number of nitrogens with one attached hydrogen (secondary N) is 1. The zero-order valence-electron chi connectivity index (χ0n) is 14.9. The van der Waals surface area contributed by atoms with Gasteiger partial charge < -0.3 is 15.0 Å². The second kappa shape index (κ2) is 9.60. The summed E-state index contributed by atoms with van der Waals surface area (Å²) in [6.45, 7) is 3.91. The second-order valence-electron chi connectivity index (χ2n) is 6.55. The van der Waals surface area contributed by atoms with Gasteiger partial charge in [0.1, 0.15) is 12.4 Å². The number of benzene rings is 2. The maximum Gasteiger partial charge on any atom is 0.222 e. The maximum absolute atomic E-state index is 11.6. The Hall–Kier alpha value is -2.04. The Bertz CT molecular complexity index is 721. The monoisotopic (exact) mass is 372 g/mol. The fourth-order valence-electron chi connectivity index (χ4n) is 3.07. The molecule has 0 aliphatic carbocycles. The van der Waals surface area contributed by atoms with Crippen LogP contribution in [0, 0.1) is 0 Å². The lowest BCUT2D eigenvalue weighted by atomic mass is 10.2. The van der Waals surface area contributed by atoms with Crippen molar-refractivity contribution in [2.45, 2.75) is 32.4 Å². The van der Waals surface area contributed by atoms with Gasteiger partial charge in [0, 0.05) is 26.1 Å². The third-order valence-corrected chi connectivity index (χ3v) is 4.81. The first-order valence-electron chi connectivity index (χ1n) is 9.16. The van der Waals surface area contributed by atoms with Crippen LogP contribution in [0.1, 0.15) is 30.4 Å². The molecule has 0 saturated carbocycles. The summed E-state index contributed by atoms with van der Waals surface area (Å²) in [5.74, 6) is 0.995. The van der Waals surface area contributed by atoms with E-state index in [1.54, 1.807) is 0 Å². The topological polar surface area (TPSA) is 41.6 Å². The predicted molar refractivity (Wildman–Crippen MR) is 104 cm³/mol. The van der Waals surface area contributed by atoms with E-state index in [1.807, 2.05) is 53.4 Å². The molecule has 1 amide bonds. The lowest BCUT2D eigenvalue weighted by Gasteiger charge is -2.15. The minimum absolute atomic E-state index is 0.294. The molecule has 1 fully saturated rings. The fourth-order valence-corrected chi connectivity index (χ4v) is 3.33. The summed E-state index contributed by atoms with van der Waals surface area (Å²) in [7, 11) is 0. The molecule has 0 aromatic heterocycles. The Labute approximate surface area is 160 Å². The van der Waals surface area contributed by atoms with Crippen molar-refractivity contribution in [1.82, 2.24) is 10.2 Å². The number of amides is 1. The fraction of sp³-hybridized carbons (Fsp3) is 0.381. The number of carbonyl (C=O) groups is 1. The normalized spacial score (nSPS) is 14.0. The van der Waals surface area contributed by atoms with E-state index >= 15 is 0 Å². The highest BCUT2D eigenvalue weighted by molar-refractivity contribution is 6.32. The predicted octanol–water partition coefficient (Wildman–Crippen LogP) is 4.02. The first kappa shape index (κ1) is 18.7. The van der Waals surface area contributed by atoms with Gasteiger partial charge in [0.15, 0.2) is 0 Å². The van der Waals surface area contributed by atoms with Gasteiger partial charge in [-0.3, -0.25) is 4.79 Å². The third kappa shape index (κ3) is 5.48. The molecule has 1 aliphatic rings. The zero-order valence-corrected chi connectivity index (χ0v) is 15.7. The van der Waals surface area contributed by atoms with Crippen molar-refractivity contribution >= 4 is 17.5 Å². The molecule has 2 aromatic carbocycles. The van der Waals surface area contributed by atoms with Crippen molar-refractivity contribution < 1.29 is 9.53 Å². The van der Waals surface area contributed by atoms with E-state index in [0.717, 1.165) is 50.1 Å². The Kier molecular flexibility index (Phi) is 6.92. The summed E-state index contributed by atoms with van der Waals surface area (Å²) < 4.78 is 5.80. The molecule has 4 nitrogen and oxygen atoms in total. The summed E-state index contributed by atoms with van der Waals surface area (Å²) in [5, 5.41) is 4.04. The zero-order chi connectivity index (χ0) is 18.2. The highest BCUT2D eigenvalue weighted by Gasteiger charge is 2.18. The van der Waals surface area contributed by atoms with Gasteiger partial charge in [-0.1, -0.05) is 48.0 Å². The van der Waals surface area contributed by atoms with E-state index in [4.69, 9.17) is 16.3 Å². The maximum atomic E-state index is 11.6. The van der Waals surface area contributed by atoms with E-state index in [2.05, 4.69) is 5.32 Å². The Balaban J connectivity index is 1.39. The van der Waals surface area contributed by atoms with Crippen molar-refractivity contribution in [2.24, 2.45) is 0 Å². The van der Waals surface area contributed by atoms with Crippen LogP contribution in [0.2, 0.25) is 5.02 Å². The van der Waals surface area contributed by atoms with Crippen LogP contribution in [0.3, 0.4) is 0 Å². The van der Waals surface area contributed by atoms with Crippen molar-refractivity contribution in [2.75, 3.05) is 19.6 Å². The number of ether oxygens (including phenoxy) is 1. The SMILES string of the molecule is O=C1CCCN1CCCNCc1ccc(OCc2ccccc2)c(Cl)c1. The molecule has 0 bridgehead atoms. The highest BCUT2D eigenvalue weighted by Crippen LogP contribution is 2.26. The highest BCUT2D eigenvalue weighted by atomic mass is 35.5. The van der Waals surface area contributed by atoms with Crippen LogP contribution in [0.4, 0.5) is 0 Å². The minimum Gasteiger partial charge on any atom is -0.487 e. The Morgan fingerprint density at radius 1 is 1.12 bits per heavy atom. The number of carbonyl (C=O) groups excluding carboxylic acids is 1. The van der Waals surface area contributed by atoms with Gasteiger partial charge in [0.2, 0.25) is 5.91 Å². The molecule has 0 radical (unpaired) electrons. The van der Waals surface area contributed by atoms with Crippen LogP contribution in [-0.2, 0) is 17.9 Å². The number of hydrogen-bond donors (Lipinski definition) is 1. The first-order chi connectivity index (χ1) is 12.7. The van der Waals surface area contributed by atoms with E-state index in [0.29, 0.717) is 29.7 Å². The lowest BCUT2D eigenvalue weighted by Crippen LogP contribution is -2.28. The second-order valence-corrected chi connectivity index (χ2v) is 6.96. The van der Waals surface area contributed by atoms with Crippen molar-refractivity contribution in [3.8, 4) is 5.75 Å². The van der Waals surface area contributed by atoms with E-state index in [9.17, 15) is 4.79 Å². The summed E-state index contributed by atoms with van der Waals surface area (Å²) in [5.41, 5.74) is 2.24.